The summed E-state index contributed by atoms with van der Waals surface area (Å²) in [5.74, 6) is -0.458. The molecule has 0 amide bonds. The summed E-state index contributed by atoms with van der Waals surface area (Å²) in [6, 6.07) is 4.24. The maximum Gasteiger partial charge on any atom is 0.296 e. The van der Waals surface area contributed by atoms with Crippen LogP contribution >= 0.6 is 26.6 Å². The highest BCUT2D eigenvalue weighted by atomic mass is 79.9. The van der Waals surface area contributed by atoms with Gasteiger partial charge < -0.3 is 0 Å². The quantitative estimate of drug-likeness (QED) is 0.776. The fourth-order valence-electron chi connectivity index (χ4n) is 1.43. The molecular weight excluding hydrogens is 349 g/mol. The summed E-state index contributed by atoms with van der Waals surface area (Å²) in [6.07, 6.45) is 0. The van der Waals surface area contributed by atoms with E-state index < -0.39 is 20.0 Å². The lowest BCUT2D eigenvalue weighted by molar-refractivity contribution is 0.592. The highest BCUT2D eigenvalue weighted by Crippen LogP contribution is 2.26. The Hall–Kier alpha value is -0.990. The van der Waals surface area contributed by atoms with Gasteiger partial charge in [0, 0.05) is 22.2 Å². The molecule has 96 valence electrons. The average molecular weight is 355 g/mol. The molecule has 0 aliphatic heterocycles. The second-order valence-electron chi connectivity index (χ2n) is 3.43. The molecule has 0 aliphatic rings. The topological polar surface area (TPSA) is 64.8 Å². The van der Waals surface area contributed by atoms with Gasteiger partial charge >= 0.3 is 0 Å². The van der Waals surface area contributed by atoms with Crippen LogP contribution in [0.3, 0.4) is 0 Å². The predicted molar refractivity (Wildman–Crippen MR) is 67.1 cm³/mol. The zero-order valence-corrected chi connectivity index (χ0v) is 12.1. The summed E-state index contributed by atoms with van der Waals surface area (Å²) in [6.45, 7) is 0. The first-order valence-corrected chi connectivity index (χ1v) is 7.70. The van der Waals surface area contributed by atoms with Crippen molar-refractivity contribution in [2.24, 2.45) is 7.05 Å². The summed E-state index contributed by atoms with van der Waals surface area (Å²) in [7, 11) is 2.56. The van der Waals surface area contributed by atoms with Gasteiger partial charge in [0.25, 0.3) is 14.2 Å². The molecule has 0 bridgehead atoms. The molecule has 1 heterocycles. The Morgan fingerprint density at radius 3 is 2.61 bits per heavy atom. The molecule has 9 heteroatoms. The zero-order chi connectivity index (χ0) is 13.5. The molecule has 0 atom stereocenters. The molecule has 1 aromatic carbocycles. The molecule has 0 fully saturated rings. The largest absolute Gasteiger partial charge is 0.300 e. The van der Waals surface area contributed by atoms with E-state index in [1.807, 2.05) is 0 Å². The second kappa shape index (κ2) is 4.60. The van der Waals surface area contributed by atoms with Crippen molar-refractivity contribution in [3.05, 3.63) is 28.5 Å². The number of hydrogen-bond acceptors (Lipinski definition) is 4. The Labute approximate surface area is 115 Å². The van der Waals surface area contributed by atoms with Crippen LogP contribution in [-0.2, 0) is 16.1 Å². The molecule has 0 N–H and O–H groups in total. The molecule has 0 saturated heterocycles. The number of benzene rings is 1. The number of halogens is 3. The molecular formula is C9H6BrClFN3O2S. The van der Waals surface area contributed by atoms with Crippen LogP contribution < -0.4 is 0 Å². The highest BCUT2D eigenvalue weighted by molar-refractivity contribution is 9.10. The van der Waals surface area contributed by atoms with Crippen molar-refractivity contribution >= 4 is 35.7 Å². The van der Waals surface area contributed by atoms with Gasteiger partial charge in [0.15, 0.2) is 5.82 Å². The maximum atomic E-state index is 13.7. The third-order valence-corrected chi connectivity index (χ3v) is 3.92. The van der Waals surface area contributed by atoms with E-state index in [-0.39, 0.29) is 11.4 Å². The first kappa shape index (κ1) is 13.4. The molecule has 5 nitrogen and oxygen atoms in total. The number of hydrogen-bond donors (Lipinski definition) is 0. The summed E-state index contributed by atoms with van der Waals surface area (Å²) in [4.78, 5) is 0. The van der Waals surface area contributed by atoms with Crippen LogP contribution in [0.4, 0.5) is 4.39 Å². The van der Waals surface area contributed by atoms with Gasteiger partial charge in [-0.05, 0) is 18.2 Å². The lowest BCUT2D eigenvalue weighted by Gasteiger charge is -2.04. The minimum atomic E-state index is -4.02. The first-order chi connectivity index (χ1) is 8.30. The smallest absolute Gasteiger partial charge is 0.296 e. The Kier molecular flexibility index (Phi) is 3.43. The van der Waals surface area contributed by atoms with Gasteiger partial charge in [-0.3, -0.25) is 4.57 Å². The summed E-state index contributed by atoms with van der Waals surface area (Å²) >= 11 is 3.20. The SMILES string of the molecule is Cn1c(-c2cc(Br)ccc2F)nnc1S(=O)(=O)Cl. The Bertz CT molecular complexity index is 717. The number of aromatic nitrogens is 3. The van der Waals surface area contributed by atoms with E-state index in [0.717, 1.165) is 4.57 Å². The minimum absolute atomic E-state index is 0.0769. The minimum Gasteiger partial charge on any atom is -0.300 e. The average Bonchev–Trinajstić information content (AvgIpc) is 2.63. The van der Waals surface area contributed by atoms with Crippen LogP contribution in [0.2, 0.25) is 0 Å². The third kappa shape index (κ3) is 2.40. The van der Waals surface area contributed by atoms with Crippen LogP contribution in [-0.4, -0.2) is 23.2 Å². The van der Waals surface area contributed by atoms with E-state index in [1.54, 1.807) is 0 Å². The van der Waals surface area contributed by atoms with Crippen molar-refractivity contribution in [3.63, 3.8) is 0 Å². The molecule has 18 heavy (non-hydrogen) atoms. The summed E-state index contributed by atoms with van der Waals surface area (Å²) in [5, 5.41) is 6.66. The van der Waals surface area contributed by atoms with Crippen LogP contribution in [0.15, 0.2) is 27.8 Å². The van der Waals surface area contributed by atoms with E-state index in [1.165, 1.54) is 25.2 Å². The van der Waals surface area contributed by atoms with Crippen LogP contribution in [0.5, 0.6) is 0 Å². The van der Waals surface area contributed by atoms with E-state index in [0.29, 0.717) is 4.47 Å². The number of nitrogens with zero attached hydrogens (tertiary/aromatic N) is 3. The molecule has 0 saturated carbocycles. The Morgan fingerprint density at radius 1 is 1.39 bits per heavy atom. The zero-order valence-electron chi connectivity index (χ0n) is 8.93. The monoisotopic (exact) mass is 353 g/mol. The molecule has 1 aromatic heterocycles. The van der Waals surface area contributed by atoms with Gasteiger partial charge in [-0.15, -0.1) is 10.2 Å². The molecule has 0 aliphatic carbocycles. The van der Waals surface area contributed by atoms with Crippen molar-refractivity contribution in [1.82, 2.24) is 14.8 Å². The summed E-state index contributed by atoms with van der Waals surface area (Å²) < 4.78 is 37.8. The molecule has 0 radical (unpaired) electrons. The van der Waals surface area contributed by atoms with Crippen molar-refractivity contribution < 1.29 is 12.8 Å². The van der Waals surface area contributed by atoms with Crippen molar-refractivity contribution in [2.75, 3.05) is 0 Å². The normalized spacial score (nSPS) is 11.8. The van der Waals surface area contributed by atoms with Crippen molar-refractivity contribution in [3.8, 4) is 11.4 Å². The molecule has 2 rings (SSSR count). The van der Waals surface area contributed by atoms with Gasteiger partial charge in [0.05, 0.1) is 5.56 Å². The van der Waals surface area contributed by atoms with Crippen molar-refractivity contribution in [1.29, 1.82) is 0 Å². The second-order valence-corrected chi connectivity index (χ2v) is 6.80. The lowest BCUT2D eigenvalue weighted by Crippen LogP contribution is -2.03. The Morgan fingerprint density at radius 2 is 2.06 bits per heavy atom. The number of rotatable bonds is 2. The van der Waals surface area contributed by atoms with Gasteiger partial charge in [0.2, 0.25) is 0 Å². The maximum absolute atomic E-state index is 13.7. The van der Waals surface area contributed by atoms with Crippen LogP contribution in [0.25, 0.3) is 11.4 Å². The van der Waals surface area contributed by atoms with E-state index in [4.69, 9.17) is 10.7 Å². The molecule has 0 unspecified atom stereocenters. The van der Waals surface area contributed by atoms with E-state index in [2.05, 4.69) is 26.1 Å². The van der Waals surface area contributed by atoms with Gasteiger partial charge in [-0.2, -0.15) is 0 Å². The van der Waals surface area contributed by atoms with Crippen LogP contribution in [0, 0.1) is 5.82 Å². The third-order valence-electron chi connectivity index (χ3n) is 2.22. The standard InChI is InChI=1S/C9H6BrClFN3O2S/c1-15-8(13-14-9(15)18(11,16)17)6-4-5(10)2-3-7(6)12/h2-4H,1H3. The van der Waals surface area contributed by atoms with Gasteiger partial charge in [0.1, 0.15) is 5.82 Å². The van der Waals surface area contributed by atoms with Gasteiger partial charge in [-0.1, -0.05) is 15.9 Å². The highest BCUT2D eigenvalue weighted by Gasteiger charge is 2.22. The molecule has 0 spiro atoms. The van der Waals surface area contributed by atoms with Gasteiger partial charge in [-0.25, -0.2) is 12.8 Å². The van der Waals surface area contributed by atoms with E-state index in [9.17, 15) is 12.8 Å². The van der Waals surface area contributed by atoms with Crippen molar-refractivity contribution in [2.45, 2.75) is 5.16 Å². The Balaban J connectivity index is 2.67. The lowest BCUT2D eigenvalue weighted by atomic mass is 10.2. The summed E-state index contributed by atoms with van der Waals surface area (Å²) in [5.41, 5.74) is 0.131. The molecule has 2 aromatic rings. The predicted octanol–water partition coefficient (Wildman–Crippen LogP) is 2.31. The van der Waals surface area contributed by atoms with Crippen LogP contribution in [0.1, 0.15) is 0 Å². The first-order valence-electron chi connectivity index (χ1n) is 4.60. The fraction of sp³-hybridized carbons (Fsp3) is 0.111. The fourth-order valence-corrected chi connectivity index (χ4v) is 2.75. The van der Waals surface area contributed by atoms with E-state index >= 15 is 0 Å².